The number of hydrogen-bond donors (Lipinski definition) is 2. The van der Waals surface area contributed by atoms with Crippen molar-refractivity contribution < 1.29 is 8.42 Å². The van der Waals surface area contributed by atoms with E-state index in [1.54, 1.807) is 24.3 Å². The van der Waals surface area contributed by atoms with Crippen LogP contribution >= 0.6 is 15.9 Å². The number of para-hydroxylation sites is 1. The molecule has 1 aromatic heterocycles. The zero-order chi connectivity index (χ0) is 16.3. The summed E-state index contributed by atoms with van der Waals surface area (Å²) < 4.78 is 27.9. The maximum absolute atomic E-state index is 12.2. The van der Waals surface area contributed by atoms with Gasteiger partial charge in [-0.15, -0.1) is 0 Å². The summed E-state index contributed by atoms with van der Waals surface area (Å²) in [5, 5.41) is 1.20. The van der Waals surface area contributed by atoms with Crippen molar-refractivity contribution in [1.82, 2.24) is 9.71 Å². The number of halogens is 1. The summed E-state index contributed by atoms with van der Waals surface area (Å²) in [6.07, 6.45) is 3.57. The Balaban J connectivity index is 1.58. The van der Waals surface area contributed by atoms with E-state index >= 15 is 0 Å². The number of aromatic nitrogens is 1. The van der Waals surface area contributed by atoms with Crippen LogP contribution in [0, 0.1) is 0 Å². The molecule has 0 spiro atoms. The predicted molar refractivity (Wildman–Crippen MR) is 96.0 cm³/mol. The quantitative estimate of drug-likeness (QED) is 0.625. The smallest absolute Gasteiger partial charge is 0.240 e. The number of fused-ring (bicyclic) bond motifs is 1. The monoisotopic (exact) mass is 392 g/mol. The minimum absolute atomic E-state index is 0.285. The van der Waals surface area contributed by atoms with Crippen LogP contribution in [0.15, 0.2) is 64.1 Å². The molecule has 0 aliphatic rings. The number of benzene rings is 2. The number of rotatable bonds is 6. The van der Waals surface area contributed by atoms with Crippen molar-refractivity contribution in [3.05, 3.63) is 64.8 Å². The zero-order valence-corrected chi connectivity index (χ0v) is 14.8. The summed E-state index contributed by atoms with van der Waals surface area (Å²) in [6, 6.07) is 14.7. The van der Waals surface area contributed by atoms with Gasteiger partial charge in [-0.25, -0.2) is 13.1 Å². The lowest BCUT2D eigenvalue weighted by Crippen LogP contribution is -2.25. The van der Waals surface area contributed by atoms with Gasteiger partial charge in [-0.1, -0.05) is 34.1 Å². The Hall–Kier alpha value is -1.63. The van der Waals surface area contributed by atoms with E-state index in [9.17, 15) is 8.42 Å². The van der Waals surface area contributed by atoms with Gasteiger partial charge in [0.1, 0.15) is 0 Å². The number of aromatic amines is 1. The summed E-state index contributed by atoms with van der Waals surface area (Å²) in [6.45, 7) is 0.415. The van der Waals surface area contributed by atoms with Gasteiger partial charge in [0.25, 0.3) is 0 Å². The minimum atomic E-state index is -3.44. The van der Waals surface area contributed by atoms with E-state index in [0.717, 1.165) is 22.8 Å². The van der Waals surface area contributed by atoms with E-state index in [-0.39, 0.29) is 4.90 Å². The summed E-state index contributed by atoms with van der Waals surface area (Å²) in [4.78, 5) is 3.52. The Kier molecular flexibility index (Phi) is 4.84. The third kappa shape index (κ3) is 3.83. The van der Waals surface area contributed by atoms with Gasteiger partial charge in [0, 0.05) is 28.1 Å². The van der Waals surface area contributed by atoms with Crippen LogP contribution in [-0.2, 0) is 16.4 Å². The molecule has 0 amide bonds. The van der Waals surface area contributed by atoms with Crippen molar-refractivity contribution in [3.63, 3.8) is 0 Å². The van der Waals surface area contributed by atoms with Gasteiger partial charge in [0.2, 0.25) is 10.0 Å². The fourth-order valence-corrected chi connectivity index (χ4v) is 3.86. The fraction of sp³-hybridized carbons (Fsp3) is 0.176. The standard InChI is InChI=1S/C17H17BrN2O2S/c18-14-7-9-15(10-8-14)23(21,22)20-11-3-4-13-12-19-17-6-2-1-5-16(13)17/h1-2,5-10,12,19-20H,3-4,11H2. The minimum Gasteiger partial charge on any atom is -0.361 e. The largest absolute Gasteiger partial charge is 0.361 e. The Bertz CT molecular complexity index is 902. The van der Waals surface area contributed by atoms with Crippen molar-refractivity contribution in [1.29, 1.82) is 0 Å². The van der Waals surface area contributed by atoms with E-state index < -0.39 is 10.0 Å². The number of H-pyrrole nitrogens is 1. The van der Waals surface area contributed by atoms with Crippen LogP contribution < -0.4 is 4.72 Å². The zero-order valence-electron chi connectivity index (χ0n) is 12.4. The molecular weight excluding hydrogens is 376 g/mol. The second-order valence-electron chi connectivity index (χ2n) is 5.31. The van der Waals surface area contributed by atoms with Crippen LogP contribution in [0.4, 0.5) is 0 Å². The maximum atomic E-state index is 12.2. The van der Waals surface area contributed by atoms with E-state index in [1.807, 2.05) is 24.4 Å². The lowest BCUT2D eigenvalue weighted by Gasteiger charge is -2.06. The van der Waals surface area contributed by atoms with E-state index in [0.29, 0.717) is 6.54 Å². The summed E-state index contributed by atoms with van der Waals surface area (Å²) >= 11 is 3.30. The third-order valence-corrected chi connectivity index (χ3v) is 5.72. The fourth-order valence-electron chi connectivity index (χ4n) is 2.52. The second kappa shape index (κ2) is 6.86. The van der Waals surface area contributed by atoms with Crippen LogP contribution in [0.3, 0.4) is 0 Å². The normalized spacial score (nSPS) is 11.9. The van der Waals surface area contributed by atoms with Crippen LogP contribution in [0.2, 0.25) is 0 Å². The molecule has 2 aromatic carbocycles. The molecule has 0 unspecified atom stereocenters. The number of nitrogens with one attached hydrogen (secondary N) is 2. The first kappa shape index (κ1) is 16.2. The van der Waals surface area contributed by atoms with Crippen LogP contribution in [0.25, 0.3) is 10.9 Å². The van der Waals surface area contributed by atoms with Gasteiger partial charge < -0.3 is 4.98 Å². The summed E-state index contributed by atoms with van der Waals surface area (Å²) in [5.74, 6) is 0. The molecule has 3 rings (SSSR count). The van der Waals surface area contributed by atoms with Gasteiger partial charge in [-0.05, 0) is 48.7 Å². The molecule has 4 nitrogen and oxygen atoms in total. The average molecular weight is 393 g/mol. The lowest BCUT2D eigenvalue weighted by molar-refractivity contribution is 0.579. The Morgan fingerprint density at radius 2 is 1.78 bits per heavy atom. The molecule has 0 saturated heterocycles. The van der Waals surface area contributed by atoms with Crippen molar-refractivity contribution in [2.45, 2.75) is 17.7 Å². The van der Waals surface area contributed by atoms with Crippen molar-refractivity contribution in [3.8, 4) is 0 Å². The second-order valence-corrected chi connectivity index (χ2v) is 8.00. The molecule has 23 heavy (non-hydrogen) atoms. The van der Waals surface area contributed by atoms with Gasteiger partial charge in [-0.3, -0.25) is 0 Å². The van der Waals surface area contributed by atoms with E-state index in [1.165, 1.54) is 10.9 Å². The topological polar surface area (TPSA) is 62.0 Å². The van der Waals surface area contributed by atoms with Crippen molar-refractivity contribution in [2.24, 2.45) is 0 Å². The highest BCUT2D eigenvalue weighted by Crippen LogP contribution is 2.19. The average Bonchev–Trinajstić information content (AvgIpc) is 2.95. The van der Waals surface area contributed by atoms with Crippen LogP contribution in [0.5, 0.6) is 0 Å². The van der Waals surface area contributed by atoms with Crippen molar-refractivity contribution >= 4 is 36.9 Å². The van der Waals surface area contributed by atoms with E-state index in [2.05, 4.69) is 31.7 Å². The highest BCUT2D eigenvalue weighted by Gasteiger charge is 2.13. The molecule has 6 heteroatoms. The highest BCUT2D eigenvalue weighted by atomic mass is 79.9. The SMILES string of the molecule is O=S(=O)(NCCCc1c[nH]c2ccccc12)c1ccc(Br)cc1. The molecular formula is C17H17BrN2O2S. The van der Waals surface area contributed by atoms with Gasteiger partial charge >= 0.3 is 0 Å². The highest BCUT2D eigenvalue weighted by molar-refractivity contribution is 9.10. The first-order valence-electron chi connectivity index (χ1n) is 7.36. The van der Waals surface area contributed by atoms with Crippen molar-refractivity contribution in [2.75, 3.05) is 6.54 Å². The molecule has 0 fully saturated rings. The van der Waals surface area contributed by atoms with E-state index in [4.69, 9.17) is 0 Å². The molecule has 3 aromatic rings. The number of hydrogen-bond acceptors (Lipinski definition) is 2. The molecule has 0 saturated carbocycles. The Labute approximate surface area is 144 Å². The number of aryl methyl sites for hydroxylation is 1. The molecule has 2 N–H and O–H groups in total. The molecule has 0 atom stereocenters. The predicted octanol–water partition coefficient (Wildman–Crippen LogP) is 3.84. The Morgan fingerprint density at radius 3 is 2.57 bits per heavy atom. The Morgan fingerprint density at radius 1 is 1.04 bits per heavy atom. The molecule has 0 radical (unpaired) electrons. The molecule has 120 valence electrons. The molecule has 1 heterocycles. The van der Waals surface area contributed by atoms with Gasteiger partial charge in [-0.2, -0.15) is 0 Å². The van der Waals surface area contributed by atoms with Crippen LogP contribution in [-0.4, -0.2) is 19.9 Å². The summed E-state index contributed by atoms with van der Waals surface area (Å²) in [7, 11) is -3.44. The first-order valence-corrected chi connectivity index (χ1v) is 9.64. The van der Waals surface area contributed by atoms with Gasteiger partial charge in [0.15, 0.2) is 0 Å². The third-order valence-electron chi connectivity index (χ3n) is 3.71. The van der Waals surface area contributed by atoms with Gasteiger partial charge in [0.05, 0.1) is 4.90 Å². The number of sulfonamides is 1. The lowest BCUT2D eigenvalue weighted by atomic mass is 10.1. The summed E-state index contributed by atoms with van der Waals surface area (Å²) in [5.41, 5.74) is 2.32. The molecule has 0 bridgehead atoms. The maximum Gasteiger partial charge on any atom is 0.240 e. The molecule has 0 aliphatic heterocycles. The van der Waals surface area contributed by atoms with Crippen LogP contribution in [0.1, 0.15) is 12.0 Å². The molecule has 0 aliphatic carbocycles. The first-order chi connectivity index (χ1) is 11.1.